The Morgan fingerprint density at radius 2 is 1.90 bits per heavy atom. The van der Waals surface area contributed by atoms with E-state index in [2.05, 4.69) is 4.98 Å². The molecular weight excluding hydrogens is 267 g/mol. The van der Waals surface area contributed by atoms with Crippen molar-refractivity contribution >= 4 is 0 Å². The number of alkyl halides is 3. The van der Waals surface area contributed by atoms with Crippen LogP contribution in [0.25, 0.3) is 11.4 Å². The van der Waals surface area contributed by atoms with Crippen LogP contribution in [-0.2, 0) is 12.7 Å². The molecule has 2 N–H and O–H groups in total. The molecule has 2 aromatic rings. The molecule has 2 heterocycles. The van der Waals surface area contributed by atoms with E-state index in [1.165, 1.54) is 12.1 Å². The quantitative estimate of drug-likeness (QED) is 0.871. The van der Waals surface area contributed by atoms with Crippen molar-refractivity contribution in [3.8, 4) is 11.4 Å². The molecule has 0 radical (unpaired) electrons. The number of imidazole rings is 1. The number of aromatic nitrogens is 2. The minimum atomic E-state index is -4.31. The summed E-state index contributed by atoms with van der Waals surface area (Å²) in [4.78, 5) is 4.31. The third-order valence-corrected chi connectivity index (χ3v) is 3.63. The Bertz CT molecular complexity index is 614. The number of hydrogen-bond acceptors (Lipinski definition) is 2. The van der Waals surface area contributed by atoms with Crippen molar-refractivity contribution in [2.24, 2.45) is 5.73 Å². The van der Waals surface area contributed by atoms with Crippen LogP contribution in [0.15, 0.2) is 30.5 Å². The summed E-state index contributed by atoms with van der Waals surface area (Å²) in [5, 5.41) is 0. The van der Waals surface area contributed by atoms with Crippen molar-refractivity contribution < 1.29 is 13.2 Å². The van der Waals surface area contributed by atoms with Crippen LogP contribution < -0.4 is 5.73 Å². The summed E-state index contributed by atoms with van der Waals surface area (Å²) in [5.74, 6) is 0.684. The first-order chi connectivity index (χ1) is 9.47. The first kappa shape index (κ1) is 13.2. The minimum absolute atomic E-state index is 0.0422. The van der Waals surface area contributed by atoms with Crippen LogP contribution in [0.1, 0.15) is 30.1 Å². The molecule has 1 aliphatic heterocycles. The summed E-state index contributed by atoms with van der Waals surface area (Å²) in [7, 11) is 0. The molecule has 20 heavy (non-hydrogen) atoms. The monoisotopic (exact) mass is 281 g/mol. The number of halogens is 3. The molecule has 0 saturated carbocycles. The SMILES string of the molecule is NC1CCCn2c1cnc2-c1ccc(C(F)(F)F)cc1. The van der Waals surface area contributed by atoms with Gasteiger partial charge in [0.25, 0.3) is 0 Å². The molecule has 1 aromatic heterocycles. The van der Waals surface area contributed by atoms with Crippen molar-refractivity contribution in [2.75, 3.05) is 0 Å². The minimum Gasteiger partial charge on any atom is -0.327 e. The predicted octanol–water partition coefficient (Wildman–Crippen LogP) is 3.36. The van der Waals surface area contributed by atoms with Crippen LogP contribution in [0.3, 0.4) is 0 Å². The Labute approximate surface area is 114 Å². The van der Waals surface area contributed by atoms with Gasteiger partial charge < -0.3 is 10.3 Å². The van der Waals surface area contributed by atoms with Gasteiger partial charge in [-0.1, -0.05) is 12.1 Å². The second-order valence-electron chi connectivity index (χ2n) is 4.98. The van der Waals surface area contributed by atoms with E-state index < -0.39 is 11.7 Å². The van der Waals surface area contributed by atoms with E-state index >= 15 is 0 Å². The number of benzene rings is 1. The molecule has 0 aliphatic carbocycles. The van der Waals surface area contributed by atoms with Gasteiger partial charge in [0.1, 0.15) is 5.82 Å². The van der Waals surface area contributed by atoms with Crippen LogP contribution in [0.4, 0.5) is 13.2 Å². The summed E-state index contributed by atoms with van der Waals surface area (Å²) in [5.41, 5.74) is 6.99. The lowest BCUT2D eigenvalue weighted by atomic mass is 10.1. The zero-order valence-corrected chi connectivity index (χ0v) is 10.7. The van der Waals surface area contributed by atoms with Crippen LogP contribution in [0.5, 0.6) is 0 Å². The Hall–Kier alpha value is -1.82. The predicted molar refractivity (Wildman–Crippen MR) is 68.8 cm³/mol. The van der Waals surface area contributed by atoms with E-state index in [4.69, 9.17) is 5.73 Å². The van der Waals surface area contributed by atoms with Crippen molar-refractivity contribution in [1.82, 2.24) is 9.55 Å². The average Bonchev–Trinajstić information content (AvgIpc) is 2.83. The zero-order valence-electron chi connectivity index (χ0n) is 10.7. The van der Waals surface area contributed by atoms with Crippen LogP contribution in [-0.4, -0.2) is 9.55 Å². The molecule has 0 fully saturated rings. The maximum atomic E-state index is 12.5. The fraction of sp³-hybridized carbons (Fsp3) is 0.357. The Balaban J connectivity index is 1.98. The normalized spacial score (nSPS) is 18.9. The highest BCUT2D eigenvalue weighted by Gasteiger charge is 2.30. The van der Waals surface area contributed by atoms with Crippen LogP contribution >= 0.6 is 0 Å². The smallest absolute Gasteiger partial charge is 0.327 e. The van der Waals surface area contributed by atoms with Gasteiger partial charge in [0.05, 0.1) is 17.5 Å². The molecule has 106 valence electrons. The molecule has 3 nitrogen and oxygen atoms in total. The van der Waals surface area contributed by atoms with Crippen LogP contribution in [0.2, 0.25) is 0 Å². The average molecular weight is 281 g/mol. The summed E-state index contributed by atoms with van der Waals surface area (Å²) < 4.78 is 39.6. The van der Waals surface area contributed by atoms with Crippen molar-refractivity contribution in [2.45, 2.75) is 31.6 Å². The van der Waals surface area contributed by atoms with Crippen molar-refractivity contribution in [3.63, 3.8) is 0 Å². The highest BCUT2D eigenvalue weighted by atomic mass is 19.4. The molecule has 0 spiro atoms. The van der Waals surface area contributed by atoms with E-state index in [0.717, 1.165) is 37.2 Å². The second-order valence-corrected chi connectivity index (χ2v) is 4.98. The lowest BCUT2D eigenvalue weighted by molar-refractivity contribution is -0.137. The molecule has 1 unspecified atom stereocenters. The molecule has 1 atom stereocenters. The number of fused-ring (bicyclic) bond motifs is 1. The highest BCUT2D eigenvalue weighted by molar-refractivity contribution is 5.57. The van der Waals surface area contributed by atoms with E-state index in [0.29, 0.717) is 11.4 Å². The largest absolute Gasteiger partial charge is 0.416 e. The number of rotatable bonds is 1. The third kappa shape index (κ3) is 2.20. The number of nitrogens with zero attached hydrogens (tertiary/aromatic N) is 2. The summed E-state index contributed by atoms with van der Waals surface area (Å²) in [6.07, 6.45) is -0.722. The molecule has 0 saturated heterocycles. The van der Waals surface area contributed by atoms with Gasteiger partial charge in [0, 0.05) is 18.2 Å². The molecular formula is C14H14F3N3. The van der Waals surface area contributed by atoms with E-state index in [9.17, 15) is 13.2 Å². The first-order valence-electron chi connectivity index (χ1n) is 6.45. The lowest BCUT2D eigenvalue weighted by Gasteiger charge is -2.22. The van der Waals surface area contributed by atoms with Gasteiger partial charge in [0.2, 0.25) is 0 Å². The standard InChI is InChI=1S/C14H14F3N3/c15-14(16,17)10-5-3-9(4-6-10)13-19-8-12-11(18)2-1-7-20(12)13/h3-6,8,11H,1-2,7,18H2. The maximum absolute atomic E-state index is 12.5. The zero-order chi connectivity index (χ0) is 14.3. The lowest BCUT2D eigenvalue weighted by Crippen LogP contribution is -2.21. The molecule has 6 heteroatoms. The third-order valence-electron chi connectivity index (χ3n) is 3.63. The molecule has 3 rings (SSSR count). The number of nitrogens with two attached hydrogens (primary N) is 1. The molecule has 1 aliphatic rings. The van der Waals surface area contributed by atoms with Gasteiger partial charge in [0.15, 0.2) is 0 Å². The maximum Gasteiger partial charge on any atom is 0.416 e. The van der Waals surface area contributed by atoms with Gasteiger partial charge in [-0.15, -0.1) is 0 Å². The number of hydrogen-bond donors (Lipinski definition) is 1. The van der Waals surface area contributed by atoms with E-state index in [1.807, 2.05) is 4.57 Å². The van der Waals surface area contributed by atoms with Crippen molar-refractivity contribution in [3.05, 3.63) is 41.7 Å². The fourth-order valence-electron chi connectivity index (χ4n) is 2.58. The molecule has 1 aromatic carbocycles. The Morgan fingerprint density at radius 3 is 2.55 bits per heavy atom. The van der Waals surface area contributed by atoms with Gasteiger partial charge >= 0.3 is 6.18 Å². The summed E-state index contributed by atoms with van der Waals surface area (Å²) >= 11 is 0. The summed E-state index contributed by atoms with van der Waals surface area (Å²) in [6, 6.07) is 5.04. The Morgan fingerprint density at radius 1 is 1.20 bits per heavy atom. The van der Waals surface area contributed by atoms with E-state index in [-0.39, 0.29) is 6.04 Å². The molecule has 0 amide bonds. The highest BCUT2D eigenvalue weighted by Crippen LogP contribution is 2.32. The fourth-order valence-corrected chi connectivity index (χ4v) is 2.58. The van der Waals surface area contributed by atoms with Gasteiger partial charge in [-0.3, -0.25) is 0 Å². The van der Waals surface area contributed by atoms with Gasteiger partial charge in [-0.05, 0) is 25.0 Å². The van der Waals surface area contributed by atoms with Crippen molar-refractivity contribution in [1.29, 1.82) is 0 Å². The van der Waals surface area contributed by atoms with Crippen LogP contribution in [0, 0.1) is 0 Å². The Kier molecular flexibility index (Phi) is 3.05. The van der Waals surface area contributed by atoms with Gasteiger partial charge in [-0.25, -0.2) is 4.98 Å². The first-order valence-corrected chi connectivity index (χ1v) is 6.45. The van der Waals surface area contributed by atoms with E-state index in [1.54, 1.807) is 6.20 Å². The second kappa shape index (κ2) is 4.63. The topological polar surface area (TPSA) is 43.8 Å². The molecule has 0 bridgehead atoms. The van der Waals surface area contributed by atoms with Gasteiger partial charge in [-0.2, -0.15) is 13.2 Å². The summed E-state index contributed by atoms with van der Waals surface area (Å²) in [6.45, 7) is 0.805.